The van der Waals surface area contributed by atoms with E-state index in [2.05, 4.69) is 22.6 Å². The highest BCUT2D eigenvalue weighted by molar-refractivity contribution is 14.1. The largest absolute Gasteiger partial charge is 0.481 e. The third-order valence-corrected chi connectivity index (χ3v) is 4.08. The summed E-state index contributed by atoms with van der Waals surface area (Å²) in [5.41, 5.74) is 0.703. The number of halogens is 1. The average molecular weight is 359 g/mol. The smallest absolute Gasteiger partial charge is 0.303 e. The first-order valence-electron chi connectivity index (χ1n) is 5.83. The lowest BCUT2D eigenvalue weighted by Gasteiger charge is -2.17. The van der Waals surface area contributed by atoms with E-state index in [-0.39, 0.29) is 18.2 Å². The van der Waals surface area contributed by atoms with E-state index in [0.717, 1.165) is 9.99 Å². The van der Waals surface area contributed by atoms with E-state index < -0.39 is 5.97 Å². The molecule has 1 aliphatic heterocycles. The number of hydrogen-bond acceptors (Lipinski definition) is 2. The molecule has 1 aromatic rings. The number of carbonyl (C=O) groups excluding carboxylic acids is 1. The van der Waals surface area contributed by atoms with Gasteiger partial charge in [-0.25, -0.2) is 0 Å². The van der Waals surface area contributed by atoms with Crippen LogP contribution in [0.5, 0.6) is 0 Å². The van der Waals surface area contributed by atoms with Gasteiger partial charge in [0.2, 0.25) is 0 Å². The van der Waals surface area contributed by atoms with Gasteiger partial charge in [-0.05, 0) is 47.1 Å². The van der Waals surface area contributed by atoms with Crippen LogP contribution in [0.1, 0.15) is 23.2 Å². The van der Waals surface area contributed by atoms with Crippen LogP contribution in [0.4, 0.5) is 0 Å². The Morgan fingerprint density at radius 3 is 2.78 bits per heavy atom. The number of carbonyl (C=O) groups is 2. The van der Waals surface area contributed by atoms with Gasteiger partial charge in [-0.2, -0.15) is 0 Å². The van der Waals surface area contributed by atoms with Gasteiger partial charge in [0.25, 0.3) is 5.91 Å². The van der Waals surface area contributed by atoms with Gasteiger partial charge in [-0.3, -0.25) is 9.59 Å². The Balaban J connectivity index is 2.04. The molecule has 1 saturated heterocycles. The maximum absolute atomic E-state index is 12.3. The summed E-state index contributed by atoms with van der Waals surface area (Å²) < 4.78 is 0.932. The number of carboxylic acids is 1. The van der Waals surface area contributed by atoms with Gasteiger partial charge in [-0.1, -0.05) is 12.1 Å². The summed E-state index contributed by atoms with van der Waals surface area (Å²) in [6, 6.07) is 7.46. The van der Waals surface area contributed by atoms with Gasteiger partial charge < -0.3 is 10.0 Å². The molecule has 0 bridgehead atoms. The van der Waals surface area contributed by atoms with Crippen molar-refractivity contribution >= 4 is 34.5 Å². The van der Waals surface area contributed by atoms with Crippen molar-refractivity contribution in [2.24, 2.45) is 5.92 Å². The maximum atomic E-state index is 12.3. The SMILES string of the molecule is O=C(O)CC1CCN(C(=O)c2ccccc2I)C1. The lowest BCUT2D eigenvalue weighted by Crippen LogP contribution is -2.29. The molecule has 0 radical (unpaired) electrons. The van der Waals surface area contributed by atoms with Crippen molar-refractivity contribution < 1.29 is 14.7 Å². The number of likely N-dealkylation sites (tertiary alicyclic amines) is 1. The molecule has 96 valence electrons. The Morgan fingerprint density at radius 2 is 2.11 bits per heavy atom. The van der Waals surface area contributed by atoms with Crippen molar-refractivity contribution in [1.82, 2.24) is 4.90 Å². The standard InChI is InChI=1S/C13H14INO3/c14-11-4-2-1-3-10(11)13(18)15-6-5-9(8-15)7-12(16)17/h1-4,9H,5-8H2,(H,16,17). The first kappa shape index (κ1) is 13.3. The van der Waals surface area contributed by atoms with Crippen LogP contribution in [0.25, 0.3) is 0 Å². The monoisotopic (exact) mass is 359 g/mol. The molecular formula is C13H14INO3. The summed E-state index contributed by atoms with van der Waals surface area (Å²) in [5.74, 6) is -0.690. The molecule has 0 aromatic heterocycles. The van der Waals surface area contributed by atoms with Gasteiger partial charge in [0, 0.05) is 23.1 Å². The number of nitrogens with zero attached hydrogens (tertiary/aromatic N) is 1. The van der Waals surface area contributed by atoms with Gasteiger partial charge in [0.1, 0.15) is 0 Å². The molecule has 1 aliphatic rings. The molecule has 1 atom stereocenters. The molecule has 0 aliphatic carbocycles. The molecule has 5 heteroatoms. The number of hydrogen-bond donors (Lipinski definition) is 1. The van der Waals surface area contributed by atoms with Crippen molar-refractivity contribution in [3.63, 3.8) is 0 Å². The van der Waals surface area contributed by atoms with E-state index in [0.29, 0.717) is 18.7 Å². The molecular weight excluding hydrogens is 345 g/mol. The minimum Gasteiger partial charge on any atom is -0.481 e. The predicted molar refractivity (Wildman–Crippen MR) is 75.4 cm³/mol. The lowest BCUT2D eigenvalue weighted by atomic mass is 10.1. The quantitative estimate of drug-likeness (QED) is 0.843. The molecule has 1 heterocycles. The zero-order valence-electron chi connectivity index (χ0n) is 9.80. The normalized spacial score (nSPS) is 18.9. The highest BCUT2D eigenvalue weighted by Crippen LogP contribution is 2.23. The summed E-state index contributed by atoms with van der Waals surface area (Å²) in [6.45, 7) is 1.21. The molecule has 1 unspecified atom stereocenters. The van der Waals surface area contributed by atoms with Crippen LogP contribution in [-0.2, 0) is 4.79 Å². The van der Waals surface area contributed by atoms with Gasteiger partial charge in [0.05, 0.1) is 5.56 Å². The van der Waals surface area contributed by atoms with E-state index in [1.54, 1.807) is 4.90 Å². The lowest BCUT2D eigenvalue weighted by molar-refractivity contribution is -0.138. The summed E-state index contributed by atoms with van der Waals surface area (Å²) in [5, 5.41) is 8.76. The second-order valence-corrected chi connectivity index (χ2v) is 5.65. The highest BCUT2D eigenvalue weighted by Gasteiger charge is 2.28. The number of carboxylic acid groups (broad SMARTS) is 1. The zero-order chi connectivity index (χ0) is 13.1. The summed E-state index contributed by atoms with van der Waals surface area (Å²) >= 11 is 2.15. The third-order valence-electron chi connectivity index (χ3n) is 3.14. The van der Waals surface area contributed by atoms with Gasteiger partial charge >= 0.3 is 5.97 Å². The minimum absolute atomic E-state index is 0.00730. The van der Waals surface area contributed by atoms with E-state index in [9.17, 15) is 9.59 Å². The Kier molecular flexibility index (Phi) is 4.21. The Morgan fingerprint density at radius 1 is 1.39 bits per heavy atom. The first-order chi connectivity index (χ1) is 8.58. The predicted octanol–water partition coefficient (Wildman–Crippen LogP) is 2.23. The van der Waals surface area contributed by atoms with E-state index in [1.165, 1.54) is 0 Å². The van der Waals surface area contributed by atoms with Crippen molar-refractivity contribution in [3.8, 4) is 0 Å². The van der Waals surface area contributed by atoms with Crippen molar-refractivity contribution in [2.75, 3.05) is 13.1 Å². The van der Waals surface area contributed by atoms with Gasteiger partial charge in [-0.15, -0.1) is 0 Å². The first-order valence-corrected chi connectivity index (χ1v) is 6.91. The minimum atomic E-state index is -0.788. The summed E-state index contributed by atoms with van der Waals surface area (Å²) in [6.07, 6.45) is 0.928. The second-order valence-electron chi connectivity index (χ2n) is 4.48. The van der Waals surface area contributed by atoms with Crippen molar-refractivity contribution in [2.45, 2.75) is 12.8 Å². The Hall–Kier alpha value is -1.11. The fraction of sp³-hybridized carbons (Fsp3) is 0.385. The molecule has 1 aromatic carbocycles. The van der Waals surface area contributed by atoms with Crippen LogP contribution in [0.2, 0.25) is 0 Å². The second kappa shape index (κ2) is 5.69. The fourth-order valence-corrected chi connectivity index (χ4v) is 2.85. The average Bonchev–Trinajstić information content (AvgIpc) is 2.76. The molecule has 1 amide bonds. The Labute approximate surface area is 119 Å². The van der Waals surface area contributed by atoms with Crippen molar-refractivity contribution in [3.05, 3.63) is 33.4 Å². The molecule has 4 nitrogen and oxygen atoms in total. The number of benzene rings is 1. The summed E-state index contributed by atoms with van der Waals surface area (Å²) in [4.78, 5) is 24.7. The van der Waals surface area contributed by atoms with Crippen LogP contribution < -0.4 is 0 Å². The van der Waals surface area contributed by atoms with Crippen LogP contribution >= 0.6 is 22.6 Å². The molecule has 2 rings (SSSR count). The van der Waals surface area contributed by atoms with Crippen LogP contribution in [-0.4, -0.2) is 35.0 Å². The van der Waals surface area contributed by atoms with E-state index in [1.807, 2.05) is 24.3 Å². The van der Waals surface area contributed by atoms with Crippen LogP contribution in [0.15, 0.2) is 24.3 Å². The summed E-state index contributed by atoms with van der Waals surface area (Å²) in [7, 11) is 0. The molecule has 0 spiro atoms. The topological polar surface area (TPSA) is 57.6 Å². The Bertz CT molecular complexity index is 475. The van der Waals surface area contributed by atoms with E-state index >= 15 is 0 Å². The number of aliphatic carboxylic acids is 1. The molecule has 0 saturated carbocycles. The molecule has 1 fully saturated rings. The molecule has 18 heavy (non-hydrogen) atoms. The highest BCUT2D eigenvalue weighted by atomic mass is 127. The van der Waals surface area contributed by atoms with Crippen LogP contribution in [0.3, 0.4) is 0 Å². The van der Waals surface area contributed by atoms with Crippen LogP contribution in [0, 0.1) is 9.49 Å². The maximum Gasteiger partial charge on any atom is 0.303 e. The zero-order valence-corrected chi connectivity index (χ0v) is 12.0. The number of amides is 1. The number of rotatable bonds is 3. The van der Waals surface area contributed by atoms with Gasteiger partial charge in [0.15, 0.2) is 0 Å². The molecule has 1 N–H and O–H groups in total. The third kappa shape index (κ3) is 3.01. The van der Waals surface area contributed by atoms with Crippen molar-refractivity contribution in [1.29, 1.82) is 0 Å². The fourth-order valence-electron chi connectivity index (χ4n) is 2.24. The van der Waals surface area contributed by atoms with E-state index in [4.69, 9.17) is 5.11 Å².